The van der Waals surface area contributed by atoms with Crippen molar-refractivity contribution in [3.63, 3.8) is 0 Å². The van der Waals surface area contributed by atoms with Crippen molar-refractivity contribution in [3.8, 4) is 5.75 Å². The predicted molar refractivity (Wildman–Crippen MR) is 83.0 cm³/mol. The number of benzene rings is 2. The van der Waals surface area contributed by atoms with Crippen LogP contribution in [-0.4, -0.2) is 12.8 Å². The van der Waals surface area contributed by atoms with Crippen LogP contribution >= 0.6 is 15.9 Å². The molecule has 0 unspecified atom stereocenters. The Balaban J connectivity index is 2.12. The molecule has 0 aliphatic carbocycles. The molecule has 3 nitrogen and oxygen atoms in total. The number of anilines is 1. The topological polar surface area (TPSA) is 33.6 Å². The number of hydrogen-bond acceptors (Lipinski definition) is 3. The summed E-state index contributed by atoms with van der Waals surface area (Å²) in [5, 5.41) is 4.38. The van der Waals surface area contributed by atoms with E-state index in [1.54, 1.807) is 7.11 Å². The van der Waals surface area contributed by atoms with E-state index >= 15 is 0 Å². The van der Waals surface area contributed by atoms with Crippen molar-refractivity contribution in [2.75, 3.05) is 12.5 Å². The number of nitrogens with zero attached hydrogens (tertiary/aromatic N) is 1. The molecule has 0 saturated heterocycles. The average molecular weight is 319 g/mol. The lowest BCUT2D eigenvalue weighted by Crippen LogP contribution is -2.00. The predicted octanol–water partition coefficient (Wildman–Crippen LogP) is 4.29. The SMILES string of the molecule is COc1ccc(/C(C)=N/Nc2ccccc2Br)cc1. The van der Waals surface area contributed by atoms with E-state index in [1.807, 2.05) is 55.5 Å². The zero-order valence-electron chi connectivity index (χ0n) is 10.9. The van der Waals surface area contributed by atoms with Crippen LogP contribution in [0, 0.1) is 0 Å². The molecule has 0 atom stereocenters. The highest BCUT2D eigenvalue weighted by Crippen LogP contribution is 2.21. The van der Waals surface area contributed by atoms with Gasteiger partial charge in [0.25, 0.3) is 0 Å². The molecule has 0 spiro atoms. The van der Waals surface area contributed by atoms with Crippen molar-refractivity contribution in [1.29, 1.82) is 0 Å². The van der Waals surface area contributed by atoms with Gasteiger partial charge in [-0.2, -0.15) is 5.10 Å². The number of ether oxygens (including phenoxy) is 1. The number of hydrogen-bond donors (Lipinski definition) is 1. The van der Waals surface area contributed by atoms with E-state index in [-0.39, 0.29) is 0 Å². The van der Waals surface area contributed by atoms with Crippen LogP contribution < -0.4 is 10.2 Å². The fraction of sp³-hybridized carbons (Fsp3) is 0.133. The summed E-state index contributed by atoms with van der Waals surface area (Å²) in [6.07, 6.45) is 0. The molecule has 0 radical (unpaired) electrons. The van der Waals surface area contributed by atoms with Gasteiger partial charge in [-0.1, -0.05) is 12.1 Å². The van der Waals surface area contributed by atoms with Gasteiger partial charge >= 0.3 is 0 Å². The third-order valence-electron chi connectivity index (χ3n) is 2.73. The molecule has 0 amide bonds. The Morgan fingerprint density at radius 2 is 1.79 bits per heavy atom. The highest BCUT2D eigenvalue weighted by molar-refractivity contribution is 9.10. The monoisotopic (exact) mass is 318 g/mol. The maximum Gasteiger partial charge on any atom is 0.118 e. The quantitative estimate of drug-likeness (QED) is 0.673. The number of para-hydroxylation sites is 1. The Morgan fingerprint density at radius 1 is 1.11 bits per heavy atom. The number of hydrazone groups is 1. The van der Waals surface area contributed by atoms with Crippen LogP contribution in [0.4, 0.5) is 5.69 Å². The normalized spacial score (nSPS) is 11.2. The third-order valence-corrected chi connectivity index (χ3v) is 3.42. The lowest BCUT2D eigenvalue weighted by atomic mass is 10.1. The lowest BCUT2D eigenvalue weighted by Gasteiger charge is -2.06. The van der Waals surface area contributed by atoms with Gasteiger partial charge < -0.3 is 4.74 Å². The summed E-state index contributed by atoms with van der Waals surface area (Å²) in [6.45, 7) is 1.96. The summed E-state index contributed by atoms with van der Waals surface area (Å²) in [6, 6.07) is 15.7. The van der Waals surface area contributed by atoms with Gasteiger partial charge in [0, 0.05) is 4.47 Å². The Bertz CT molecular complexity index is 579. The molecule has 0 heterocycles. The first-order chi connectivity index (χ1) is 9.20. The number of methoxy groups -OCH3 is 1. The van der Waals surface area contributed by atoms with Gasteiger partial charge in [-0.05, 0) is 64.8 Å². The van der Waals surface area contributed by atoms with E-state index in [9.17, 15) is 0 Å². The van der Waals surface area contributed by atoms with Crippen molar-refractivity contribution in [2.45, 2.75) is 6.92 Å². The molecule has 1 N–H and O–H groups in total. The average Bonchev–Trinajstić information content (AvgIpc) is 2.46. The van der Waals surface area contributed by atoms with Crippen LogP contribution in [0.5, 0.6) is 5.75 Å². The molecular formula is C15H15BrN2O. The summed E-state index contributed by atoms with van der Waals surface area (Å²) in [4.78, 5) is 0. The molecule has 0 bridgehead atoms. The zero-order chi connectivity index (χ0) is 13.7. The minimum absolute atomic E-state index is 0.843. The third kappa shape index (κ3) is 3.58. The van der Waals surface area contributed by atoms with E-state index in [4.69, 9.17) is 4.74 Å². The molecule has 0 fully saturated rings. The molecule has 2 aromatic carbocycles. The van der Waals surface area contributed by atoms with Crippen molar-refractivity contribution >= 4 is 27.3 Å². The van der Waals surface area contributed by atoms with E-state index in [0.29, 0.717) is 0 Å². The van der Waals surface area contributed by atoms with Crippen molar-refractivity contribution < 1.29 is 4.74 Å². The molecule has 0 aliphatic rings. The van der Waals surface area contributed by atoms with Gasteiger partial charge in [-0.15, -0.1) is 0 Å². The number of rotatable bonds is 4. The fourth-order valence-electron chi connectivity index (χ4n) is 1.59. The van der Waals surface area contributed by atoms with Crippen LogP contribution in [-0.2, 0) is 0 Å². The first-order valence-electron chi connectivity index (χ1n) is 5.90. The Hall–Kier alpha value is -1.81. The molecule has 98 valence electrons. The molecule has 2 rings (SSSR count). The molecule has 0 aromatic heterocycles. The van der Waals surface area contributed by atoms with Gasteiger partial charge in [-0.3, -0.25) is 5.43 Å². The molecular weight excluding hydrogens is 304 g/mol. The fourth-order valence-corrected chi connectivity index (χ4v) is 1.97. The Labute approximate surface area is 121 Å². The van der Waals surface area contributed by atoms with Crippen LogP contribution in [0.2, 0.25) is 0 Å². The minimum atomic E-state index is 0.843. The van der Waals surface area contributed by atoms with Crippen LogP contribution in [0.1, 0.15) is 12.5 Å². The van der Waals surface area contributed by atoms with Gasteiger partial charge in [-0.25, -0.2) is 0 Å². The smallest absolute Gasteiger partial charge is 0.118 e. The molecule has 4 heteroatoms. The second-order valence-electron chi connectivity index (χ2n) is 4.02. The maximum absolute atomic E-state index is 5.13. The van der Waals surface area contributed by atoms with E-state index in [0.717, 1.165) is 27.2 Å². The summed E-state index contributed by atoms with van der Waals surface area (Å²) in [5.74, 6) is 0.843. The number of halogens is 1. The van der Waals surface area contributed by atoms with Gasteiger partial charge in [0.15, 0.2) is 0 Å². The molecule has 0 aliphatic heterocycles. The van der Waals surface area contributed by atoms with Crippen LogP contribution in [0.15, 0.2) is 58.1 Å². The highest BCUT2D eigenvalue weighted by Gasteiger charge is 1.99. The largest absolute Gasteiger partial charge is 0.497 e. The standard InChI is InChI=1S/C15H15BrN2O/c1-11(12-7-9-13(19-2)10-8-12)17-18-15-6-4-3-5-14(15)16/h3-10,18H,1-2H3/b17-11+. The van der Waals surface area contributed by atoms with Crippen LogP contribution in [0.25, 0.3) is 0 Å². The molecule has 19 heavy (non-hydrogen) atoms. The summed E-state index contributed by atoms with van der Waals surface area (Å²) in [5.41, 5.74) is 5.96. The lowest BCUT2D eigenvalue weighted by molar-refractivity contribution is 0.415. The first-order valence-corrected chi connectivity index (χ1v) is 6.69. The van der Waals surface area contributed by atoms with E-state index in [1.165, 1.54) is 0 Å². The van der Waals surface area contributed by atoms with E-state index in [2.05, 4.69) is 26.5 Å². The Kier molecular flexibility index (Phi) is 4.58. The van der Waals surface area contributed by atoms with Gasteiger partial charge in [0.1, 0.15) is 5.75 Å². The summed E-state index contributed by atoms with van der Waals surface area (Å²) in [7, 11) is 1.66. The zero-order valence-corrected chi connectivity index (χ0v) is 12.4. The second-order valence-corrected chi connectivity index (χ2v) is 4.87. The molecule has 0 saturated carbocycles. The maximum atomic E-state index is 5.13. The first kappa shape index (κ1) is 13.6. The van der Waals surface area contributed by atoms with Crippen molar-refractivity contribution in [2.24, 2.45) is 5.10 Å². The second kappa shape index (κ2) is 6.38. The summed E-state index contributed by atoms with van der Waals surface area (Å²) < 4.78 is 6.12. The molecule has 2 aromatic rings. The van der Waals surface area contributed by atoms with Gasteiger partial charge in [0.2, 0.25) is 0 Å². The Morgan fingerprint density at radius 3 is 2.42 bits per heavy atom. The highest BCUT2D eigenvalue weighted by atomic mass is 79.9. The van der Waals surface area contributed by atoms with E-state index < -0.39 is 0 Å². The minimum Gasteiger partial charge on any atom is -0.497 e. The van der Waals surface area contributed by atoms with Crippen molar-refractivity contribution in [1.82, 2.24) is 0 Å². The number of nitrogens with one attached hydrogen (secondary N) is 1. The van der Waals surface area contributed by atoms with Gasteiger partial charge in [0.05, 0.1) is 18.5 Å². The van der Waals surface area contributed by atoms with Crippen molar-refractivity contribution in [3.05, 3.63) is 58.6 Å². The summed E-state index contributed by atoms with van der Waals surface area (Å²) >= 11 is 3.47. The van der Waals surface area contributed by atoms with Crippen LogP contribution in [0.3, 0.4) is 0 Å².